The van der Waals surface area contributed by atoms with Crippen LogP contribution in [0.5, 0.6) is 11.5 Å². The molecule has 0 spiro atoms. The molecule has 1 fully saturated rings. The van der Waals surface area contributed by atoms with Gasteiger partial charge in [-0.2, -0.15) is 0 Å². The summed E-state index contributed by atoms with van der Waals surface area (Å²) in [6.07, 6.45) is 4.09. The van der Waals surface area contributed by atoms with Crippen molar-refractivity contribution in [3.8, 4) is 11.5 Å². The molecule has 10 heteroatoms. The normalized spacial score (nSPS) is 13.8. The van der Waals surface area contributed by atoms with E-state index in [9.17, 15) is 18.0 Å². The van der Waals surface area contributed by atoms with Crippen LogP contribution in [0.15, 0.2) is 102 Å². The smallest absolute Gasteiger partial charge is 0.264 e. The first-order chi connectivity index (χ1) is 23.6. The van der Waals surface area contributed by atoms with Gasteiger partial charge in [0.05, 0.1) is 24.8 Å². The van der Waals surface area contributed by atoms with Gasteiger partial charge in [-0.15, -0.1) is 0 Å². The third-order valence-electron chi connectivity index (χ3n) is 8.95. The number of amides is 2. The molecule has 258 valence electrons. The Morgan fingerprint density at radius 2 is 1.51 bits per heavy atom. The van der Waals surface area contributed by atoms with Crippen LogP contribution in [0.1, 0.15) is 47.9 Å². The van der Waals surface area contributed by atoms with Crippen LogP contribution in [0.2, 0.25) is 0 Å². The zero-order valence-electron chi connectivity index (χ0n) is 28.6. The SMILES string of the molecule is COc1ccc(OC)c(N(CC(=O)N(Cc2cccc(C)c2)C(Cc2ccccc2)C(=O)NC2CCCC2)S(=O)(=O)c2ccc(C)cc2)c1. The third-order valence-corrected chi connectivity index (χ3v) is 10.7. The molecule has 0 saturated heterocycles. The Morgan fingerprint density at radius 3 is 2.16 bits per heavy atom. The van der Waals surface area contributed by atoms with Gasteiger partial charge in [0.2, 0.25) is 11.8 Å². The number of carbonyl (C=O) groups excluding carboxylic acids is 2. The molecule has 0 bridgehead atoms. The molecule has 0 aromatic heterocycles. The van der Waals surface area contributed by atoms with E-state index >= 15 is 0 Å². The van der Waals surface area contributed by atoms with E-state index in [0.717, 1.165) is 52.2 Å². The molecule has 49 heavy (non-hydrogen) atoms. The zero-order valence-corrected chi connectivity index (χ0v) is 29.4. The minimum Gasteiger partial charge on any atom is -0.497 e. The zero-order chi connectivity index (χ0) is 35.0. The van der Waals surface area contributed by atoms with Crippen molar-refractivity contribution in [2.75, 3.05) is 25.1 Å². The van der Waals surface area contributed by atoms with E-state index in [1.165, 1.54) is 37.3 Å². The second kappa shape index (κ2) is 16.0. The van der Waals surface area contributed by atoms with Crippen LogP contribution in [-0.2, 0) is 32.6 Å². The summed E-state index contributed by atoms with van der Waals surface area (Å²) in [5, 5.41) is 3.21. The number of methoxy groups -OCH3 is 2. The fourth-order valence-electron chi connectivity index (χ4n) is 6.27. The van der Waals surface area contributed by atoms with Gasteiger partial charge in [0.1, 0.15) is 24.1 Å². The molecule has 1 N–H and O–H groups in total. The van der Waals surface area contributed by atoms with Gasteiger partial charge in [0.25, 0.3) is 10.0 Å². The lowest BCUT2D eigenvalue weighted by Crippen LogP contribution is -2.54. The minimum absolute atomic E-state index is 0.0146. The Bertz CT molecular complexity index is 1840. The molecule has 0 aliphatic heterocycles. The minimum atomic E-state index is -4.31. The number of hydrogen-bond acceptors (Lipinski definition) is 6. The van der Waals surface area contributed by atoms with Crippen LogP contribution in [0.4, 0.5) is 5.69 Å². The third kappa shape index (κ3) is 8.80. The lowest BCUT2D eigenvalue weighted by molar-refractivity contribution is -0.140. The maximum absolute atomic E-state index is 14.8. The summed E-state index contributed by atoms with van der Waals surface area (Å²) < 4.78 is 41.1. The molecule has 9 nitrogen and oxygen atoms in total. The molecule has 4 aromatic rings. The standard InChI is InChI=1S/C39H45N3O6S/c1-28-17-20-34(21-18-28)49(45,46)42(35-25-33(47-3)19-22-37(35)48-4)27-38(43)41(26-31-14-10-11-29(2)23-31)36(24-30-12-6-5-7-13-30)39(44)40-32-15-8-9-16-32/h5-7,10-14,17-23,25,32,36H,8-9,15-16,24,26-27H2,1-4H3,(H,40,44). The number of sulfonamides is 1. The lowest BCUT2D eigenvalue weighted by atomic mass is 10.0. The van der Waals surface area contributed by atoms with Gasteiger partial charge in [-0.3, -0.25) is 13.9 Å². The Morgan fingerprint density at radius 1 is 0.816 bits per heavy atom. The summed E-state index contributed by atoms with van der Waals surface area (Å²) in [6, 6.07) is 27.7. The summed E-state index contributed by atoms with van der Waals surface area (Å²) in [4.78, 5) is 30.6. The van der Waals surface area contributed by atoms with Gasteiger partial charge >= 0.3 is 0 Å². The average Bonchev–Trinajstić information content (AvgIpc) is 3.62. The summed E-state index contributed by atoms with van der Waals surface area (Å²) in [5.41, 5.74) is 3.74. The van der Waals surface area contributed by atoms with E-state index in [2.05, 4.69) is 5.32 Å². The van der Waals surface area contributed by atoms with Gasteiger partial charge in [0, 0.05) is 25.1 Å². The number of anilines is 1. The van der Waals surface area contributed by atoms with E-state index in [-0.39, 0.29) is 41.2 Å². The van der Waals surface area contributed by atoms with E-state index in [4.69, 9.17) is 9.47 Å². The van der Waals surface area contributed by atoms with Crippen LogP contribution in [0, 0.1) is 13.8 Å². The van der Waals surface area contributed by atoms with Gasteiger partial charge in [-0.1, -0.05) is 90.7 Å². The first-order valence-corrected chi connectivity index (χ1v) is 18.0. The number of nitrogens with one attached hydrogen (secondary N) is 1. The summed E-state index contributed by atoms with van der Waals surface area (Å²) in [5.74, 6) is -0.163. The molecule has 5 rings (SSSR count). The number of nitrogens with zero attached hydrogens (tertiary/aromatic N) is 2. The van der Waals surface area contributed by atoms with Crippen molar-refractivity contribution in [1.29, 1.82) is 0 Å². The molecule has 0 heterocycles. The Hall–Kier alpha value is -4.83. The number of aryl methyl sites for hydroxylation is 2. The highest BCUT2D eigenvalue weighted by Gasteiger charge is 2.36. The molecule has 2 amide bonds. The first kappa shape index (κ1) is 35.5. The quantitative estimate of drug-likeness (QED) is 0.169. The highest BCUT2D eigenvalue weighted by molar-refractivity contribution is 7.92. The van der Waals surface area contributed by atoms with Crippen LogP contribution in [0.3, 0.4) is 0 Å². The van der Waals surface area contributed by atoms with Gasteiger partial charge in [-0.25, -0.2) is 8.42 Å². The maximum atomic E-state index is 14.8. The van der Waals surface area contributed by atoms with Gasteiger partial charge in [0.15, 0.2) is 0 Å². The summed E-state index contributed by atoms with van der Waals surface area (Å²) in [6.45, 7) is 3.35. The molecular weight excluding hydrogens is 639 g/mol. The van der Waals surface area contributed by atoms with Crippen molar-refractivity contribution in [2.45, 2.75) is 69.5 Å². The highest BCUT2D eigenvalue weighted by atomic mass is 32.2. The fourth-order valence-corrected chi connectivity index (χ4v) is 7.69. The molecule has 1 unspecified atom stereocenters. The predicted molar refractivity (Wildman–Crippen MR) is 191 cm³/mol. The predicted octanol–water partition coefficient (Wildman–Crippen LogP) is 6.21. The van der Waals surface area contributed by atoms with Crippen molar-refractivity contribution < 1.29 is 27.5 Å². The monoisotopic (exact) mass is 683 g/mol. The van der Waals surface area contributed by atoms with E-state index in [0.29, 0.717) is 5.75 Å². The van der Waals surface area contributed by atoms with Gasteiger partial charge < -0.3 is 19.7 Å². The Balaban J connectivity index is 1.62. The topological polar surface area (TPSA) is 105 Å². The summed E-state index contributed by atoms with van der Waals surface area (Å²) in [7, 11) is -1.39. The molecule has 1 atom stereocenters. The number of hydrogen-bond donors (Lipinski definition) is 1. The summed E-state index contributed by atoms with van der Waals surface area (Å²) >= 11 is 0. The molecule has 1 aliphatic carbocycles. The highest BCUT2D eigenvalue weighted by Crippen LogP contribution is 2.36. The van der Waals surface area contributed by atoms with Crippen LogP contribution < -0.4 is 19.1 Å². The van der Waals surface area contributed by atoms with Crippen molar-refractivity contribution in [3.63, 3.8) is 0 Å². The average molecular weight is 684 g/mol. The number of carbonyl (C=O) groups is 2. The van der Waals surface area contributed by atoms with Crippen molar-refractivity contribution >= 4 is 27.5 Å². The first-order valence-electron chi connectivity index (χ1n) is 16.6. The number of benzene rings is 4. The van der Waals surface area contributed by atoms with Gasteiger partial charge in [-0.05, 0) is 62.1 Å². The molecule has 0 radical (unpaired) electrons. The number of rotatable bonds is 14. The van der Waals surface area contributed by atoms with Crippen LogP contribution in [-0.4, -0.2) is 58.0 Å². The molecule has 1 aliphatic rings. The molecular formula is C39H45N3O6S. The second-order valence-corrected chi connectivity index (χ2v) is 14.4. The Kier molecular flexibility index (Phi) is 11.6. The molecule has 1 saturated carbocycles. The van der Waals surface area contributed by atoms with Crippen LogP contribution >= 0.6 is 0 Å². The van der Waals surface area contributed by atoms with E-state index in [1.807, 2.05) is 68.4 Å². The van der Waals surface area contributed by atoms with Crippen molar-refractivity contribution in [2.24, 2.45) is 0 Å². The number of ether oxygens (including phenoxy) is 2. The second-order valence-electron chi connectivity index (χ2n) is 12.6. The van der Waals surface area contributed by atoms with Crippen LogP contribution in [0.25, 0.3) is 0 Å². The van der Waals surface area contributed by atoms with E-state index < -0.39 is 28.5 Å². The molecule has 4 aromatic carbocycles. The van der Waals surface area contributed by atoms with Crippen molar-refractivity contribution in [3.05, 3.63) is 119 Å². The van der Waals surface area contributed by atoms with Crippen molar-refractivity contribution in [1.82, 2.24) is 10.2 Å². The Labute approximate surface area is 289 Å². The largest absolute Gasteiger partial charge is 0.497 e. The van der Waals surface area contributed by atoms with E-state index in [1.54, 1.807) is 24.3 Å². The maximum Gasteiger partial charge on any atom is 0.264 e. The fraction of sp³-hybridized carbons (Fsp3) is 0.333. The lowest BCUT2D eigenvalue weighted by Gasteiger charge is -2.34.